The molecule has 2 rings (SSSR count). The lowest BCUT2D eigenvalue weighted by Gasteiger charge is -2.10. The van der Waals surface area contributed by atoms with E-state index in [1.54, 1.807) is 23.9 Å². The highest BCUT2D eigenvalue weighted by atomic mass is 32.2. The number of ether oxygens (including phenoxy) is 1. The van der Waals surface area contributed by atoms with Gasteiger partial charge in [-0.2, -0.15) is 11.3 Å². The van der Waals surface area contributed by atoms with E-state index in [4.69, 9.17) is 4.74 Å². The van der Waals surface area contributed by atoms with Crippen molar-refractivity contribution in [3.8, 4) is 5.75 Å². The fraction of sp³-hybridized carbons (Fsp3) is 0.231. The van der Waals surface area contributed by atoms with Crippen molar-refractivity contribution in [1.82, 2.24) is 4.72 Å². The maximum absolute atomic E-state index is 12.0. The Kier molecular flexibility index (Phi) is 4.24. The SMILES string of the molecule is COc1cc(C)ccc1CNS(=O)(=O)c1ccsc1. The molecule has 1 aromatic carbocycles. The molecule has 0 saturated heterocycles. The maximum atomic E-state index is 12.0. The maximum Gasteiger partial charge on any atom is 0.241 e. The Morgan fingerprint density at radius 1 is 1.32 bits per heavy atom. The van der Waals surface area contributed by atoms with E-state index in [1.807, 2.05) is 25.1 Å². The lowest BCUT2D eigenvalue weighted by molar-refractivity contribution is 0.409. The number of rotatable bonds is 5. The van der Waals surface area contributed by atoms with Gasteiger partial charge in [-0.3, -0.25) is 0 Å². The van der Waals surface area contributed by atoms with E-state index in [9.17, 15) is 8.42 Å². The van der Waals surface area contributed by atoms with Crippen molar-refractivity contribution >= 4 is 21.4 Å². The van der Waals surface area contributed by atoms with Gasteiger partial charge in [-0.15, -0.1) is 0 Å². The largest absolute Gasteiger partial charge is 0.496 e. The highest BCUT2D eigenvalue weighted by Crippen LogP contribution is 2.20. The summed E-state index contributed by atoms with van der Waals surface area (Å²) >= 11 is 1.35. The minimum absolute atomic E-state index is 0.210. The molecule has 0 atom stereocenters. The van der Waals surface area contributed by atoms with Crippen LogP contribution in [-0.4, -0.2) is 15.5 Å². The second-order valence-electron chi connectivity index (χ2n) is 4.10. The van der Waals surface area contributed by atoms with Crippen molar-refractivity contribution in [3.05, 3.63) is 46.2 Å². The topological polar surface area (TPSA) is 55.4 Å². The van der Waals surface area contributed by atoms with Gasteiger partial charge >= 0.3 is 0 Å². The van der Waals surface area contributed by atoms with Crippen LogP contribution in [0.2, 0.25) is 0 Å². The molecule has 102 valence electrons. The highest BCUT2D eigenvalue weighted by Gasteiger charge is 2.15. The zero-order chi connectivity index (χ0) is 13.9. The van der Waals surface area contributed by atoms with Gasteiger partial charge < -0.3 is 4.74 Å². The monoisotopic (exact) mass is 297 g/mol. The summed E-state index contributed by atoms with van der Waals surface area (Å²) < 4.78 is 31.8. The molecule has 0 spiro atoms. The molecule has 0 amide bonds. The van der Waals surface area contributed by atoms with Gasteiger partial charge in [-0.1, -0.05) is 12.1 Å². The zero-order valence-electron chi connectivity index (χ0n) is 10.7. The second-order valence-corrected chi connectivity index (χ2v) is 6.65. The number of hydrogen-bond donors (Lipinski definition) is 1. The molecule has 0 aliphatic rings. The first-order valence-electron chi connectivity index (χ1n) is 5.68. The van der Waals surface area contributed by atoms with Crippen LogP contribution < -0.4 is 9.46 Å². The van der Waals surface area contributed by atoms with Gasteiger partial charge in [0.15, 0.2) is 0 Å². The number of aryl methyl sites for hydroxylation is 1. The summed E-state index contributed by atoms with van der Waals surface area (Å²) in [5, 5.41) is 3.34. The third-order valence-corrected chi connectivity index (χ3v) is 4.93. The zero-order valence-corrected chi connectivity index (χ0v) is 12.3. The average molecular weight is 297 g/mol. The molecule has 19 heavy (non-hydrogen) atoms. The predicted octanol–water partition coefficient (Wildman–Crippen LogP) is 2.54. The number of methoxy groups -OCH3 is 1. The third-order valence-electron chi connectivity index (χ3n) is 2.70. The molecule has 0 unspecified atom stereocenters. The Balaban J connectivity index is 2.15. The van der Waals surface area contributed by atoms with Gasteiger partial charge in [0.05, 0.1) is 12.0 Å². The third kappa shape index (κ3) is 3.34. The first-order chi connectivity index (χ1) is 9.03. The Morgan fingerprint density at radius 2 is 2.11 bits per heavy atom. The van der Waals surface area contributed by atoms with Crippen LogP contribution in [-0.2, 0) is 16.6 Å². The molecule has 1 N–H and O–H groups in total. The first kappa shape index (κ1) is 14.0. The molecule has 2 aromatic rings. The molecular formula is C13H15NO3S2. The molecule has 6 heteroatoms. The second kappa shape index (κ2) is 5.73. The fourth-order valence-electron chi connectivity index (χ4n) is 1.66. The quantitative estimate of drug-likeness (QED) is 0.922. The van der Waals surface area contributed by atoms with Gasteiger partial charge in [0.25, 0.3) is 0 Å². The predicted molar refractivity (Wildman–Crippen MR) is 76.1 cm³/mol. The Bertz CT molecular complexity index is 649. The summed E-state index contributed by atoms with van der Waals surface area (Å²) in [7, 11) is -1.87. The van der Waals surface area contributed by atoms with E-state index in [1.165, 1.54) is 11.3 Å². The number of nitrogens with one attached hydrogen (secondary N) is 1. The van der Waals surface area contributed by atoms with Crippen molar-refractivity contribution in [2.75, 3.05) is 7.11 Å². The van der Waals surface area contributed by atoms with Crippen LogP contribution in [0.5, 0.6) is 5.75 Å². The van der Waals surface area contributed by atoms with E-state index >= 15 is 0 Å². The molecular weight excluding hydrogens is 282 g/mol. The molecule has 0 saturated carbocycles. The van der Waals surface area contributed by atoms with Gasteiger partial charge in [0, 0.05) is 17.5 Å². The molecule has 1 aromatic heterocycles. The van der Waals surface area contributed by atoms with Gasteiger partial charge in [-0.25, -0.2) is 13.1 Å². The van der Waals surface area contributed by atoms with E-state index in [-0.39, 0.29) is 6.54 Å². The van der Waals surface area contributed by atoms with Crippen LogP contribution in [0.15, 0.2) is 39.9 Å². The summed E-state index contributed by atoms with van der Waals surface area (Å²) in [6.45, 7) is 2.17. The lowest BCUT2D eigenvalue weighted by Crippen LogP contribution is -2.23. The fourth-order valence-corrected chi connectivity index (χ4v) is 3.69. The number of hydrogen-bond acceptors (Lipinski definition) is 4. The van der Waals surface area contributed by atoms with E-state index in [0.717, 1.165) is 11.1 Å². The van der Waals surface area contributed by atoms with Crippen LogP contribution in [0.3, 0.4) is 0 Å². The summed E-state index contributed by atoms with van der Waals surface area (Å²) in [6.07, 6.45) is 0. The molecule has 1 heterocycles. The summed E-state index contributed by atoms with van der Waals surface area (Å²) in [5.41, 5.74) is 1.88. The van der Waals surface area contributed by atoms with Crippen molar-refractivity contribution in [2.24, 2.45) is 0 Å². The van der Waals surface area contributed by atoms with Gasteiger partial charge in [0.1, 0.15) is 5.75 Å². The average Bonchev–Trinajstić information content (AvgIpc) is 2.91. The summed E-state index contributed by atoms with van der Waals surface area (Å²) in [6, 6.07) is 7.26. The van der Waals surface area contributed by atoms with Crippen LogP contribution in [0, 0.1) is 6.92 Å². The van der Waals surface area contributed by atoms with Crippen LogP contribution in [0.1, 0.15) is 11.1 Å². The Morgan fingerprint density at radius 3 is 2.74 bits per heavy atom. The summed E-state index contributed by atoms with van der Waals surface area (Å²) in [4.78, 5) is 0.295. The van der Waals surface area contributed by atoms with Crippen LogP contribution in [0.4, 0.5) is 0 Å². The normalized spacial score (nSPS) is 11.5. The molecule has 0 bridgehead atoms. The smallest absolute Gasteiger partial charge is 0.241 e. The van der Waals surface area contributed by atoms with E-state index in [0.29, 0.717) is 10.6 Å². The lowest BCUT2D eigenvalue weighted by atomic mass is 10.1. The summed E-state index contributed by atoms with van der Waals surface area (Å²) in [5.74, 6) is 0.688. The van der Waals surface area contributed by atoms with Crippen molar-refractivity contribution in [1.29, 1.82) is 0 Å². The van der Waals surface area contributed by atoms with Crippen molar-refractivity contribution < 1.29 is 13.2 Å². The number of benzene rings is 1. The molecule has 4 nitrogen and oxygen atoms in total. The van der Waals surface area contributed by atoms with Gasteiger partial charge in [-0.05, 0) is 30.0 Å². The van der Waals surface area contributed by atoms with Crippen LogP contribution >= 0.6 is 11.3 Å². The van der Waals surface area contributed by atoms with Crippen molar-refractivity contribution in [3.63, 3.8) is 0 Å². The highest BCUT2D eigenvalue weighted by molar-refractivity contribution is 7.89. The minimum Gasteiger partial charge on any atom is -0.496 e. The molecule has 0 fully saturated rings. The van der Waals surface area contributed by atoms with Crippen LogP contribution in [0.25, 0.3) is 0 Å². The van der Waals surface area contributed by atoms with E-state index in [2.05, 4.69) is 4.72 Å². The Labute approximate surface area is 117 Å². The number of sulfonamides is 1. The number of thiophene rings is 1. The molecule has 0 aliphatic heterocycles. The van der Waals surface area contributed by atoms with E-state index < -0.39 is 10.0 Å². The minimum atomic E-state index is -3.45. The molecule has 0 radical (unpaired) electrons. The standard InChI is InChI=1S/C13H15NO3S2/c1-10-3-4-11(13(7-10)17-2)8-14-19(15,16)12-5-6-18-9-12/h3-7,9,14H,8H2,1-2H3. The Hall–Kier alpha value is -1.37. The molecule has 0 aliphatic carbocycles. The first-order valence-corrected chi connectivity index (χ1v) is 8.11. The van der Waals surface area contributed by atoms with Gasteiger partial charge in [0.2, 0.25) is 10.0 Å². The van der Waals surface area contributed by atoms with Crippen molar-refractivity contribution in [2.45, 2.75) is 18.4 Å².